The molecule has 0 aromatic heterocycles. The Morgan fingerprint density at radius 1 is 1.04 bits per heavy atom. The Bertz CT molecular complexity index is 566. The van der Waals surface area contributed by atoms with Crippen molar-refractivity contribution in [3.63, 3.8) is 0 Å². The van der Waals surface area contributed by atoms with Gasteiger partial charge in [0.25, 0.3) is 0 Å². The maximum atomic E-state index is 12.5. The van der Waals surface area contributed by atoms with Crippen molar-refractivity contribution in [3.05, 3.63) is 35.9 Å². The molecule has 0 aliphatic heterocycles. The van der Waals surface area contributed by atoms with Gasteiger partial charge in [0.05, 0.1) is 19.6 Å². The third-order valence-electron chi connectivity index (χ3n) is 3.76. The maximum absolute atomic E-state index is 12.5. The van der Waals surface area contributed by atoms with Gasteiger partial charge in [0, 0.05) is 19.2 Å². The predicted molar refractivity (Wildman–Crippen MR) is 104 cm³/mol. The number of nitrogens with zero attached hydrogens (tertiary/aromatic N) is 1. The summed E-state index contributed by atoms with van der Waals surface area (Å²) in [4.78, 5) is 25.7. The summed E-state index contributed by atoms with van der Waals surface area (Å²) in [5, 5.41) is 0. The minimum atomic E-state index is -0.270. The molecule has 0 bridgehead atoms. The van der Waals surface area contributed by atoms with Crippen LogP contribution in [0.5, 0.6) is 5.75 Å². The van der Waals surface area contributed by atoms with Gasteiger partial charge < -0.3 is 14.4 Å². The van der Waals surface area contributed by atoms with E-state index in [1.54, 1.807) is 24.0 Å². The molecule has 0 radical (unpaired) electrons. The van der Waals surface area contributed by atoms with Gasteiger partial charge in [0.1, 0.15) is 5.75 Å². The van der Waals surface area contributed by atoms with E-state index in [1.807, 2.05) is 24.3 Å². The Kier molecular flexibility index (Phi) is 10.9. The van der Waals surface area contributed by atoms with Crippen molar-refractivity contribution in [1.82, 2.24) is 4.90 Å². The van der Waals surface area contributed by atoms with Crippen LogP contribution in [0.2, 0.25) is 0 Å². The zero-order valence-corrected chi connectivity index (χ0v) is 16.2. The van der Waals surface area contributed by atoms with Crippen LogP contribution in [0.15, 0.2) is 30.3 Å². The standard InChI is InChI=1S/C21H31NO4/c1-4-7-15-22(16-14-21(24)25-6-3)20(23)13-10-18-8-11-19(12-9-18)26-17-5-2/h8-13H,4-7,14-17H2,1-3H3/b13-10+. The molecule has 1 amide bonds. The zero-order valence-electron chi connectivity index (χ0n) is 16.2. The van der Waals surface area contributed by atoms with Crippen LogP contribution >= 0.6 is 0 Å². The maximum Gasteiger partial charge on any atom is 0.307 e. The van der Waals surface area contributed by atoms with Crippen LogP contribution in [0.3, 0.4) is 0 Å². The van der Waals surface area contributed by atoms with Crippen molar-refractivity contribution in [2.45, 2.75) is 46.5 Å². The van der Waals surface area contributed by atoms with Crippen molar-refractivity contribution >= 4 is 18.0 Å². The van der Waals surface area contributed by atoms with E-state index in [2.05, 4.69) is 13.8 Å². The van der Waals surface area contributed by atoms with Gasteiger partial charge >= 0.3 is 5.97 Å². The minimum Gasteiger partial charge on any atom is -0.494 e. The molecule has 0 aliphatic carbocycles. The molecule has 144 valence electrons. The molecule has 0 saturated carbocycles. The first-order valence-electron chi connectivity index (χ1n) is 9.46. The number of hydrogen-bond acceptors (Lipinski definition) is 4. The molecule has 0 aliphatic rings. The molecule has 1 aromatic rings. The van der Waals surface area contributed by atoms with Crippen LogP contribution in [0, 0.1) is 0 Å². The highest BCUT2D eigenvalue weighted by molar-refractivity contribution is 5.92. The van der Waals surface area contributed by atoms with E-state index in [-0.39, 0.29) is 18.3 Å². The van der Waals surface area contributed by atoms with Crippen LogP contribution in [0.25, 0.3) is 6.08 Å². The lowest BCUT2D eigenvalue weighted by molar-refractivity contribution is -0.143. The molecule has 0 heterocycles. The van der Waals surface area contributed by atoms with Gasteiger partial charge in [0.15, 0.2) is 0 Å². The number of hydrogen-bond donors (Lipinski definition) is 0. The molecule has 5 heteroatoms. The molecule has 0 unspecified atom stereocenters. The van der Waals surface area contributed by atoms with E-state index in [1.165, 1.54) is 0 Å². The van der Waals surface area contributed by atoms with Gasteiger partial charge in [-0.25, -0.2) is 0 Å². The number of ether oxygens (including phenoxy) is 2. The largest absolute Gasteiger partial charge is 0.494 e. The van der Waals surface area contributed by atoms with Gasteiger partial charge in [-0.3, -0.25) is 9.59 Å². The Balaban J connectivity index is 2.62. The molecule has 0 spiro atoms. The number of esters is 1. The van der Waals surface area contributed by atoms with E-state index < -0.39 is 0 Å². The third-order valence-corrected chi connectivity index (χ3v) is 3.76. The van der Waals surface area contributed by atoms with Crippen LogP contribution < -0.4 is 4.74 Å². The van der Waals surface area contributed by atoms with Crippen molar-refractivity contribution in [3.8, 4) is 5.75 Å². The first kappa shape index (κ1) is 21.7. The molecule has 26 heavy (non-hydrogen) atoms. The zero-order chi connectivity index (χ0) is 19.2. The van der Waals surface area contributed by atoms with E-state index >= 15 is 0 Å². The fourth-order valence-corrected chi connectivity index (χ4v) is 2.31. The molecular weight excluding hydrogens is 330 g/mol. The molecule has 1 rings (SSSR count). The summed E-state index contributed by atoms with van der Waals surface area (Å²) in [6.45, 7) is 8.00. The minimum absolute atomic E-state index is 0.0888. The van der Waals surface area contributed by atoms with Crippen molar-refractivity contribution in [1.29, 1.82) is 0 Å². The molecule has 1 aromatic carbocycles. The summed E-state index contributed by atoms with van der Waals surface area (Å²) in [6.07, 6.45) is 6.44. The molecule has 0 fully saturated rings. The molecule has 5 nitrogen and oxygen atoms in total. The van der Waals surface area contributed by atoms with Crippen LogP contribution in [-0.2, 0) is 14.3 Å². The van der Waals surface area contributed by atoms with Gasteiger partial charge in [-0.2, -0.15) is 0 Å². The topological polar surface area (TPSA) is 55.8 Å². The average molecular weight is 361 g/mol. The fraction of sp³-hybridized carbons (Fsp3) is 0.524. The fourth-order valence-electron chi connectivity index (χ4n) is 2.31. The van der Waals surface area contributed by atoms with E-state index in [0.717, 1.165) is 30.6 Å². The lowest BCUT2D eigenvalue weighted by Crippen LogP contribution is -2.32. The summed E-state index contributed by atoms with van der Waals surface area (Å²) in [7, 11) is 0. The van der Waals surface area contributed by atoms with Crippen molar-refractivity contribution in [2.24, 2.45) is 0 Å². The van der Waals surface area contributed by atoms with Gasteiger partial charge in [0.2, 0.25) is 5.91 Å². The second-order valence-corrected chi connectivity index (χ2v) is 5.98. The number of benzene rings is 1. The number of carbonyl (C=O) groups is 2. The second-order valence-electron chi connectivity index (χ2n) is 5.98. The molecule has 0 atom stereocenters. The predicted octanol–water partition coefficient (Wildman–Crippen LogP) is 4.07. The van der Waals surface area contributed by atoms with Crippen LogP contribution in [0.4, 0.5) is 0 Å². The monoisotopic (exact) mass is 361 g/mol. The number of rotatable bonds is 12. The SMILES string of the molecule is CCCCN(CCC(=O)OCC)C(=O)/C=C/c1ccc(OCCC)cc1. The summed E-state index contributed by atoms with van der Waals surface area (Å²) < 4.78 is 10.5. The number of carbonyl (C=O) groups excluding carboxylic acids is 2. The highest BCUT2D eigenvalue weighted by Crippen LogP contribution is 2.13. The Hall–Kier alpha value is -2.30. The lowest BCUT2D eigenvalue weighted by Gasteiger charge is -2.20. The summed E-state index contributed by atoms with van der Waals surface area (Å²) in [5.41, 5.74) is 0.933. The molecular formula is C21H31NO4. The molecule has 0 N–H and O–H groups in total. The van der Waals surface area contributed by atoms with Crippen molar-refractivity contribution in [2.75, 3.05) is 26.3 Å². The summed E-state index contributed by atoms with van der Waals surface area (Å²) >= 11 is 0. The van der Waals surface area contributed by atoms with E-state index in [9.17, 15) is 9.59 Å². The smallest absolute Gasteiger partial charge is 0.307 e. The Morgan fingerprint density at radius 2 is 1.77 bits per heavy atom. The van der Waals surface area contributed by atoms with Crippen molar-refractivity contribution < 1.29 is 19.1 Å². The van der Waals surface area contributed by atoms with Gasteiger partial charge in [-0.1, -0.05) is 32.4 Å². The van der Waals surface area contributed by atoms with E-state index in [0.29, 0.717) is 26.3 Å². The Labute approximate surface area is 157 Å². The quantitative estimate of drug-likeness (QED) is 0.416. The first-order valence-corrected chi connectivity index (χ1v) is 9.46. The van der Waals surface area contributed by atoms with E-state index in [4.69, 9.17) is 9.47 Å². The summed E-state index contributed by atoms with van der Waals surface area (Å²) in [6, 6.07) is 7.64. The highest BCUT2D eigenvalue weighted by atomic mass is 16.5. The Morgan fingerprint density at radius 3 is 2.38 bits per heavy atom. The third kappa shape index (κ3) is 8.70. The first-order chi connectivity index (χ1) is 12.6. The summed E-state index contributed by atoms with van der Waals surface area (Å²) in [5.74, 6) is 0.469. The average Bonchev–Trinajstić information content (AvgIpc) is 2.65. The normalized spacial score (nSPS) is 10.7. The van der Waals surface area contributed by atoms with Crippen LogP contribution in [0.1, 0.15) is 52.0 Å². The lowest BCUT2D eigenvalue weighted by atomic mass is 10.2. The second kappa shape index (κ2) is 13.0. The van der Waals surface area contributed by atoms with Crippen LogP contribution in [-0.4, -0.2) is 43.1 Å². The van der Waals surface area contributed by atoms with Gasteiger partial charge in [-0.15, -0.1) is 0 Å². The molecule has 0 saturated heterocycles. The highest BCUT2D eigenvalue weighted by Gasteiger charge is 2.12. The van der Waals surface area contributed by atoms with Gasteiger partial charge in [-0.05, 0) is 43.5 Å². The number of unbranched alkanes of at least 4 members (excludes halogenated alkanes) is 1. The number of amides is 1.